The van der Waals surface area contributed by atoms with Crippen molar-refractivity contribution in [3.63, 3.8) is 0 Å². The number of thiophene rings is 1. The van der Waals surface area contributed by atoms with Gasteiger partial charge in [-0.1, -0.05) is 35.9 Å². The number of fused-ring (bicyclic) bond motifs is 5. The number of aryl methyl sites for hydroxylation is 1. The molecule has 1 atom stereocenters. The van der Waals surface area contributed by atoms with Crippen LogP contribution in [0.2, 0.25) is 5.02 Å². The summed E-state index contributed by atoms with van der Waals surface area (Å²) in [5.74, 6) is 0.778. The summed E-state index contributed by atoms with van der Waals surface area (Å²) in [5.41, 5.74) is 5.80. The van der Waals surface area contributed by atoms with Crippen LogP contribution in [0, 0.1) is 0 Å². The normalized spacial score (nSPS) is 16.5. The lowest BCUT2D eigenvalue weighted by molar-refractivity contribution is 0.180. The first kappa shape index (κ1) is 23.2. The number of methoxy groups -OCH3 is 1. The number of hydrogen-bond donors (Lipinski definition) is 1. The SMILES string of the molecule is COc1cccc(CNC(=O)N2Cc3c(sc4c3CCCC4)-n3cccc3C2c2cccc(Cl)c2)c1. The Labute approximate surface area is 220 Å². The van der Waals surface area contributed by atoms with Crippen LogP contribution in [-0.4, -0.2) is 22.6 Å². The molecule has 1 N–H and O–H groups in total. The zero-order valence-corrected chi connectivity index (χ0v) is 21.7. The van der Waals surface area contributed by atoms with E-state index in [1.807, 2.05) is 58.7 Å². The van der Waals surface area contributed by atoms with Crippen molar-refractivity contribution in [2.45, 2.75) is 44.8 Å². The van der Waals surface area contributed by atoms with Crippen LogP contribution in [-0.2, 0) is 25.9 Å². The number of benzene rings is 2. The van der Waals surface area contributed by atoms with Crippen LogP contribution in [0.3, 0.4) is 0 Å². The average Bonchev–Trinajstić information content (AvgIpc) is 3.49. The van der Waals surface area contributed by atoms with E-state index in [0.29, 0.717) is 18.1 Å². The second-order valence-electron chi connectivity index (χ2n) is 9.39. The van der Waals surface area contributed by atoms with Crippen LogP contribution in [0.15, 0.2) is 66.9 Å². The molecule has 7 heteroatoms. The van der Waals surface area contributed by atoms with Gasteiger partial charge in [-0.05, 0) is 78.8 Å². The highest BCUT2D eigenvalue weighted by Gasteiger charge is 2.36. The summed E-state index contributed by atoms with van der Waals surface area (Å²) in [7, 11) is 1.65. The maximum absolute atomic E-state index is 13.9. The Morgan fingerprint density at radius 3 is 2.81 bits per heavy atom. The molecular formula is C29H28ClN3O2S. The molecule has 0 spiro atoms. The number of hydrogen-bond acceptors (Lipinski definition) is 3. The quantitative estimate of drug-likeness (QED) is 0.320. The highest BCUT2D eigenvalue weighted by atomic mass is 35.5. The minimum Gasteiger partial charge on any atom is -0.497 e. The van der Waals surface area contributed by atoms with E-state index in [1.54, 1.807) is 7.11 Å². The molecule has 36 heavy (non-hydrogen) atoms. The van der Waals surface area contributed by atoms with Crippen molar-refractivity contribution in [2.24, 2.45) is 0 Å². The van der Waals surface area contributed by atoms with E-state index in [9.17, 15) is 4.79 Å². The number of halogens is 1. The lowest BCUT2D eigenvalue weighted by atomic mass is 9.95. The van der Waals surface area contributed by atoms with Crippen molar-refractivity contribution in [1.82, 2.24) is 14.8 Å². The predicted octanol–water partition coefficient (Wildman–Crippen LogP) is 6.89. The maximum atomic E-state index is 13.9. The standard InChI is InChI=1S/C29H28ClN3O2S/c1-35-22-10-4-7-19(15-22)17-31-29(34)33-18-24-23-11-2-3-13-26(23)36-28(24)32-14-6-12-25(32)27(33)20-8-5-9-21(30)16-20/h4-10,12,14-16,27H,2-3,11,13,17-18H2,1H3,(H,31,34). The number of amides is 2. The summed E-state index contributed by atoms with van der Waals surface area (Å²) < 4.78 is 7.65. The summed E-state index contributed by atoms with van der Waals surface area (Å²) in [6, 6.07) is 19.5. The predicted molar refractivity (Wildman–Crippen MR) is 144 cm³/mol. The molecule has 1 aliphatic heterocycles. The van der Waals surface area contributed by atoms with Gasteiger partial charge in [0.05, 0.1) is 25.4 Å². The number of nitrogens with zero attached hydrogens (tertiary/aromatic N) is 2. The first-order chi connectivity index (χ1) is 17.6. The second kappa shape index (κ2) is 9.68. The van der Waals surface area contributed by atoms with Crippen LogP contribution < -0.4 is 10.1 Å². The number of ether oxygens (including phenoxy) is 1. The van der Waals surface area contributed by atoms with Crippen LogP contribution in [0.25, 0.3) is 5.00 Å². The van der Waals surface area contributed by atoms with Crippen molar-refractivity contribution in [3.05, 3.63) is 105 Å². The zero-order chi connectivity index (χ0) is 24.6. The summed E-state index contributed by atoms with van der Waals surface area (Å²) in [6.45, 7) is 0.981. The van der Waals surface area contributed by atoms with Crippen molar-refractivity contribution in [3.8, 4) is 10.8 Å². The first-order valence-corrected chi connectivity index (χ1v) is 13.6. The molecular weight excluding hydrogens is 490 g/mol. The largest absolute Gasteiger partial charge is 0.497 e. The van der Waals surface area contributed by atoms with Crippen LogP contribution in [0.4, 0.5) is 4.79 Å². The number of carbonyl (C=O) groups is 1. The van der Waals surface area contributed by atoms with E-state index in [2.05, 4.69) is 34.3 Å². The molecule has 184 valence electrons. The Balaban J connectivity index is 1.42. The van der Waals surface area contributed by atoms with Gasteiger partial charge in [-0.3, -0.25) is 0 Å². The van der Waals surface area contributed by atoms with Gasteiger partial charge in [-0.15, -0.1) is 11.3 Å². The van der Waals surface area contributed by atoms with Gasteiger partial charge in [0.1, 0.15) is 10.8 Å². The lowest BCUT2D eigenvalue weighted by Gasteiger charge is -2.31. The smallest absolute Gasteiger partial charge is 0.318 e. The number of aromatic nitrogens is 1. The topological polar surface area (TPSA) is 46.5 Å². The molecule has 0 bridgehead atoms. The van der Waals surface area contributed by atoms with Gasteiger partial charge in [0.2, 0.25) is 0 Å². The van der Waals surface area contributed by atoms with E-state index in [0.717, 1.165) is 35.4 Å². The summed E-state index contributed by atoms with van der Waals surface area (Å²) >= 11 is 8.32. The molecule has 2 aromatic heterocycles. The molecule has 1 unspecified atom stereocenters. The molecule has 3 heterocycles. The fourth-order valence-corrected chi connectivity index (χ4v) is 7.08. The number of nitrogens with one attached hydrogen (secondary N) is 1. The molecule has 6 rings (SSSR count). The highest BCUT2D eigenvalue weighted by molar-refractivity contribution is 7.15. The van der Waals surface area contributed by atoms with Crippen LogP contribution >= 0.6 is 22.9 Å². The maximum Gasteiger partial charge on any atom is 0.318 e. The molecule has 4 aromatic rings. The molecule has 0 saturated carbocycles. The monoisotopic (exact) mass is 517 g/mol. The van der Waals surface area contributed by atoms with E-state index in [1.165, 1.54) is 33.8 Å². The second-order valence-corrected chi connectivity index (χ2v) is 10.9. The van der Waals surface area contributed by atoms with E-state index in [4.69, 9.17) is 16.3 Å². The number of urea groups is 1. The highest BCUT2D eigenvalue weighted by Crippen LogP contribution is 2.44. The van der Waals surface area contributed by atoms with Gasteiger partial charge in [-0.25, -0.2) is 4.79 Å². The molecule has 2 aromatic carbocycles. The Hall–Kier alpha value is -3.22. The average molecular weight is 518 g/mol. The summed E-state index contributed by atoms with van der Waals surface area (Å²) in [6.07, 6.45) is 6.78. The third-order valence-electron chi connectivity index (χ3n) is 7.18. The first-order valence-electron chi connectivity index (χ1n) is 12.4. The van der Waals surface area contributed by atoms with Gasteiger partial charge in [0.25, 0.3) is 0 Å². The Morgan fingerprint density at radius 2 is 1.94 bits per heavy atom. The fraction of sp³-hybridized carbons (Fsp3) is 0.276. The van der Waals surface area contributed by atoms with E-state index in [-0.39, 0.29) is 12.1 Å². The molecule has 5 nitrogen and oxygen atoms in total. The number of rotatable bonds is 4. The Morgan fingerprint density at radius 1 is 1.08 bits per heavy atom. The summed E-state index contributed by atoms with van der Waals surface area (Å²) in [4.78, 5) is 17.4. The van der Waals surface area contributed by atoms with Crippen molar-refractivity contribution in [1.29, 1.82) is 0 Å². The Bertz CT molecular complexity index is 1430. The summed E-state index contributed by atoms with van der Waals surface area (Å²) in [5, 5.41) is 5.09. The molecule has 0 fully saturated rings. The van der Waals surface area contributed by atoms with Crippen LogP contribution in [0.5, 0.6) is 5.75 Å². The molecule has 0 saturated heterocycles. The van der Waals surface area contributed by atoms with Gasteiger partial charge in [-0.2, -0.15) is 0 Å². The van der Waals surface area contributed by atoms with E-state index < -0.39 is 0 Å². The van der Waals surface area contributed by atoms with Gasteiger partial charge < -0.3 is 19.5 Å². The Kier molecular flexibility index (Phi) is 6.23. The third kappa shape index (κ3) is 4.18. The lowest BCUT2D eigenvalue weighted by Crippen LogP contribution is -2.41. The van der Waals surface area contributed by atoms with Gasteiger partial charge >= 0.3 is 6.03 Å². The fourth-order valence-electron chi connectivity index (χ4n) is 5.48. The molecule has 2 aliphatic rings. The third-order valence-corrected chi connectivity index (χ3v) is 8.75. The zero-order valence-electron chi connectivity index (χ0n) is 20.2. The minimum atomic E-state index is -0.261. The molecule has 1 aliphatic carbocycles. The minimum absolute atomic E-state index is 0.0980. The van der Waals surface area contributed by atoms with Crippen molar-refractivity contribution >= 4 is 29.0 Å². The van der Waals surface area contributed by atoms with Crippen molar-refractivity contribution in [2.75, 3.05) is 7.11 Å². The molecule has 2 amide bonds. The number of carbonyl (C=O) groups excluding carboxylic acids is 1. The van der Waals surface area contributed by atoms with Gasteiger partial charge in [0.15, 0.2) is 0 Å². The van der Waals surface area contributed by atoms with Crippen LogP contribution in [0.1, 0.15) is 51.7 Å². The van der Waals surface area contributed by atoms with Gasteiger partial charge in [0, 0.05) is 28.2 Å². The van der Waals surface area contributed by atoms with E-state index >= 15 is 0 Å². The molecule has 0 radical (unpaired) electrons. The van der Waals surface area contributed by atoms with Crippen molar-refractivity contribution < 1.29 is 9.53 Å².